The van der Waals surface area contributed by atoms with E-state index in [2.05, 4.69) is 0 Å². The molecule has 0 saturated heterocycles. The molecule has 0 heterocycles. The molecule has 0 aromatic rings. The first-order chi connectivity index (χ1) is 1.00. The van der Waals surface area contributed by atoms with E-state index >= 15 is 0 Å². The van der Waals surface area contributed by atoms with Gasteiger partial charge in [0.15, 0.2) is 0 Å². The molecule has 0 fully saturated rings. The fourth-order valence-electron chi connectivity index (χ4n) is 0. The Morgan fingerprint density at radius 1 is 1.25 bits per heavy atom. The average molecular weight is 368 g/mol. The van der Waals surface area contributed by atoms with Crippen LogP contribution in [0, 0.1) is 0 Å². The van der Waals surface area contributed by atoms with Crippen molar-refractivity contribution >= 4 is 72.3 Å². The summed E-state index contributed by atoms with van der Waals surface area (Å²) in [7, 11) is 0. The van der Waals surface area contributed by atoms with E-state index in [1.165, 1.54) is 0 Å². The molecule has 0 atom stereocenters. The van der Waals surface area contributed by atoms with Gasteiger partial charge in [0.05, 0.1) is 0 Å². The fourth-order valence-corrected chi connectivity index (χ4v) is 0. The molecule has 9 radical (unpaired) electrons. The van der Waals surface area contributed by atoms with Gasteiger partial charge in [-0.05, 0) is 0 Å². The molecular weight excluding hydrogens is 368 g/mol. The average Bonchev–Trinajstić information content (AvgIpc) is 1.00. The minimum atomic E-state index is 0. The van der Waals surface area contributed by atoms with Gasteiger partial charge in [0.25, 0.3) is 0 Å². The molecule has 1 nitrogen and oxygen atoms in total. The van der Waals surface area contributed by atoms with Gasteiger partial charge in [0.2, 0.25) is 0 Å². The second-order valence-electron chi connectivity index (χ2n) is 0. The number of hydrogen-bond donors (Lipinski definition) is 0. The molecule has 0 amide bonds. The second-order valence-corrected chi connectivity index (χ2v) is 0. The smallest absolute Gasteiger partial charge is 0 e. The standard InChI is InChI=1S/In.O.2Sn. The van der Waals surface area contributed by atoms with Crippen molar-refractivity contribution in [1.29, 1.82) is 0 Å². The van der Waals surface area contributed by atoms with Crippen molar-refractivity contribution in [2.24, 2.45) is 0 Å². The number of hydrogen-bond acceptors (Lipinski definition) is 1. The molecule has 4 heavy (non-hydrogen) atoms. The molecule has 0 spiro atoms. The monoisotopic (exact) mass is 371 g/mol. The van der Waals surface area contributed by atoms with Gasteiger partial charge >= 0.3 is 25.6 Å². The van der Waals surface area contributed by atoms with E-state index in [9.17, 15) is 0 Å². The van der Waals surface area contributed by atoms with E-state index < -0.39 is 0 Å². The van der Waals surface area contributed by atoms with E-state index in [-0.39, 0.29) is 49.8 Å². The summed E-state index contributed by atoms with van der Waals surface area (Å²) in [5, 5.41) is 0. The molecule has 0 aliphatic rings. The molecule has 0 aliphatic carbocycles. The summed E-state index contributed by atoms with van der Waals surface area (Å²) in [5.41, 5.74) is 0. The van der Waals surface area contributed by atoms with Crippen LogP contribution in [0.5, 0.6) is 0 Å². The van der Waals surface area contributed by atoms with E-state index in [0.717, 1.165) is 0 Å². The van der Waals surface area contributed by atoms with Crippen LogP contribution in [-0.2, 0) is 3.08 Å². The van der Waals surface area contributed by atoms with Crippen molar-refractivity contribution in [1.82, 2.24) is 0 Å². The van der Waals surface area contributed by atoms with Crippen LogP contribution in [0.3, 0.4) is 0 Å². The Morgan fingerprint density at radius 3 is 1.25 bits per heavy atom. The zero-order valence-electron chi connectivity index (χ0n) is 1.99. The van der Waals surface area contributed by atoms with Gasteiger partial charge in [-0.1, -0.05) is 0 Å². The third-order valence-electron chi connectivity index (χ3n) is 0. The quantitative estimate of drug-likeness (QED) is 0.488. The molecular formula is InOSn2. The van der Waals surface area contributed by atoms with Gasteiger partial charge in [-0.3, -0.25) is 0 Å². The van der Waals surface area contributed by atoms with Crippen LogP contribution in [-0.4, -0.2) is 72.3 Å². The summed E-state index contributed by atoms with van der Waals surface area (Å²) in [6, 6.07) is 0. The predicted octanol–water partition coefficient (Wildman–Crippen LogP) is -1.26. The molecule has 17 valence electrons. The third kappa shape index (κ3) is 8.86. The van der Waals surface area contributed by atoms with Crippen LogP contribution in [0.15, 0.2) is 0 Å². The molecule has 0 saturated carbocycles. The summed E-state index contributed by atoms with van der Waals surface area (Å²) in [5.74, 6) is 0. The van der Waals surface area contributed by atoms with Gasteiger partial charge in [-0.25, -0.2) is 0 Å². The first-order valence-corrected chi connectivity index (χ1v) is 1.37. The van der Waals surface area contributed by atoms with Crippen molar-refractivity contribution in [2.45, 2.75) is 0 Å². The molecule has 0 unspecified atom stereocenters. The second kappa shape index (κ2) is 18.7. The van der Waals surface area contributed by atoms with Crippen LogP contribution >= 0.6 is 0 Å². The molecule has 0 aromatic carbocycles. The van der Waals surface area contributed by atoms with E-state index in [4.69, 9.17) is 3.08 Å². The van der Waals surface area contributed by atoms with Crippen LogP contribution < -0.4 is 0 Å². The molecule has 0 aliphatic heterocycles. The summed E-state index contributed by atoms with van der Waals surface area (Å²) in [6.45, 7) is 0. The molecule has 0 rings (SSSR count). The summed E-state index contributed by atoms with van der Waals surface area (Å²) in [6.07, 6.45) is 0. The Labute approximate surface area is 74.1 Å². The van der Waals surface area contributed by atoms with Crippen LogP contribution in [0.1, 0.15) is 0 Å². The Bertz CT molecular complexity index is 6.00. The first-order valence-electron chi connectivity index (χ1n) is 0.204. The van der Waals surface area contributed by atoms with Crippen molar-refractivity contribution < 1.29 is 3.08 Å². The topological polar surface area (TPSA) is 17.1 Å². The Kier molecular flexibility index (Phi) is 76.0. The molecule has 0 bridgehead atoms. The predicted molar refractivity (Wildman–Crippen MR) is 17.9 cm³/mol. The van der Waals surface area contributed by atoms with Gasteiger partial charge in [0, 0.05) is 49.8 Å². The van der Waals surface area contributed by atoms with Crippen LogP contribution in [0.4, 0.5) is 0 Å². The van der Waals surface area contributed by atoms with Crippen molar-refractivity contribution in [3.8, 4) is 0 Å². The van der Waals surface area contributed by atoms with E-state index in [1.807, 2.05) is 0 Å². The summed E-state index contributed by atoms with van der Waals surface area (Å²) < 4.78 is 8.34. The Morgan fingerprint density at radius 2 is 1.25 bits per heavy atom. The summed E-state index contributed by atoms with van der Waals surface area (Å²) in [4.78, 5) is 0. The zero-order valence-corrected chi connectivity index (χ0v) is 11.0. The normalized spacial score (nSPS) is 1.00. The van der Waals surface area contributed by atoms with Gasteiger partial charge in [-0.15, -0.1) is 0 Å². The Balaban J connectivity index is -0.00000000500. The van der Waals surface area contributed by atoms with Gasteiger partial charge in [-0.2, -0.15) is 0 Å². The van der Waals surface area contributed by atoms with E-state index in [0.29, 0.717) is 22.5 Å². The van der Waals surface area contributed by atoms with E-state index in [1.54, 1.807) is 0 Å². The summed E-state index contributed by atoms with van der Waals surface area (Å²) >= 11 is 0.300. The molecule has 0 N–H and O–H groups in total. The maximum absolute atomic E-state index is 8.34. The minimum absolute atomic E-state index is 0. The minimum Gasteiger partial charge on any atom is 0 e. The van der Waals surface area contributed by atoms with Crippen LogP contribution in [0.25, 0.3) is 0 Å². The first kappa shape index (κ1) is 16.3. The Hall–Kier alpha value is 2.27. The zero-order chi connectivity index (χ0) is 2.00. The van der Waals surface area contributed by atoms with Crippen molar-refractivity contribution in [3.05, 3.63) is 0 Å². The maximum Gasteiger partial charge on any atom is 0 e. The largest absolute Gasteiger partial charge is 0 e. The maximum atomic E-state index is 8.34. The van der Waals surface area contributed by atoms with Crippen molar-refractivity contribution in [2.75, 3.05) is 0 Å². The van der Waals surface area contributed by atoms with Gasteiger partial charge < -0.3 is 0 Å². The van der Waals surface area contributed by atoms with Gasteiger partial charge in [0.1, 0.15) is 0 Å². The van der Waals surface area contributed by atoms with Crippen LogP contribution in [0.2, 0.25) is 0 Å². The number of rotatable bonds is 0. The third-order valence-corrected chi connectivity index (χ3v) is 0. The van der Waals surface area contributed by atoms with Crippen molar-refractivity contribution in [3.63, 3.8) is 0 Å². The fraction of sp³-hybridized carbons (Fsp3) is 0. The molecule has 4 heteroatoms. The molecule has 0 aromatic heterocycles. The SMILES string of the molecule is [In].[O]=[Sn].[Sn].